The maximum Gasteiger partial charge on any atom is 0.0660 e. The van der Waals surface area contributed by atoms with Gasteiger partial charge in [0, 0.05) is 21.7 Å². The molecule has 29 heavy (non-hydrogen) atoms. The van der Waals surface area contributed by atoms with E-state index in [1.807, 2.05) is 34.9 Å². The summed E-state index contributed by atoms with van der Waals surface area (Å²) in [6.45, 7) is 0. The highest BCUT2D eigenvalue weighted by atomic mass is 33.2. The minimum absolute atomic E-state index is 0.892. The summed E-state index contributed by atoms with van der Waals surface area (Å²) in [5, 5.41) is 0. The third kappa shape index (κ3) is 8.05. The van der Waals surface area contributed by atoms with Crippen molar-refractivity contribution in [2.45, 2.75) is 28.8 Å². The van der Waals surface area contributed by atoms with Crippen molar-refractivity contribution in [3.63, 3.8) is 0 Å². The monoisotopic (exact) mass is 492 g/mol. The number of hydrogen-bond donors (Lipinski definition) is 2. The fraction of sp³-hybridized carbons (Fsp3) is 0.217. The molecule has 0 heterocycles. The Morgan fingerprint density at radius 2 is 1.38 bits per heavy atom. The molecule has 0 aliphatic rings. The van der Waals surface area contributed by atoms with E-state index in [0.717, 1.165) is 35.4 Å². The molecule has 1 unspecified atom stereocenters. The number of benzene rings is 3. The zero-order valence-corrected chi connectivity index (χ0v) is 21.2. The van der Waals surface area contributed by atoms with E-state index in [0.29, 0.717) is 0 Å². The molecule has 0 aliphatic carbocycles. The molecule has 0 spiro atoms. The van der Waals surface area contributed by atoms with Crippen LogP contribution in [0.5, 0.6) is 0 Å². The smallest absolute Gasteiger partial charge is 0.0660 e. The van der Waals surface area contributed by atoms with E-state index in [-0.39, 0.29) is 0 Å². The maximum atomic E-state index is 6.28. The van der Waals surface area contributed by atoms with Crippen molar-refractivity contribution in [3.8, 4) is 0 Å². The Kier molecular flexibility index (Phi) is 9.61. The van der Waals surface area contributed by atoms with Crippen LogP contribution in [0.25, 0.3) is 0 Å². The third-order valence-electron chi connectivity index (χ3n) is 4.40. The van der Waals surface area contributed by atoms with Gasteiger partial charge in [-0.25, -0.2) is 0 Å². The molecule has 0 aliphatic heterocycles. The van der Waals surface area contributed by atoms with Crippen LogP contribution in [0.15, 0.2) is 88.7 Å². The fourth-order valence-corrected chi connectivity index (χ4v) is 13.1. The van der Waals surface area contributed by atoms with Crippen molar-refractivity contribution >= 4 is 64.3 Å². The van der Waals surface area contributed by atoms with Crippen molar-refractivity contribution in [2.75, 3.05) is 11.5 Å². The van der Waals surface area contributed by atoms with Crippen molar-refractivity contribution in [3.05, 3.63) is 95.6 Å². The first kappa shape index (κ1) is 23.4. The van der Waals surface area contributed by atoms with Crippen LogP contribution < -0.4 is 0 Å². The van der Waals surface area contributed by atoms with Crippen molar-refractivity contribution in [2.24, 2.45) is 0 Å². The fourth-order valence-electron chi connectivity index (χ4n) is 2.88. The zero-order valence-electron chi connectivity index (χ0n) is 16.1. The van der Waals surface area contributed by atoms with Gasteiger partial charge >= 0.3 is 0 Å². The molecular formula is C23H25PS5. The van der Waals surface area contributed by atoms with Crippen LogP contribution in [-0.2, 0) is 30.8 Å². The predicted molar refractivity (Wildman–Crippen MR) is 144 cm³/mol. The molecule has 0 fully saturated rings. The Morgan fingerprint density at radius 3 is 2.00 bits per heavy atom. The van der Waals surface area contributed by atoms with Crippen molar-refractivity contribution in [1.82, 2.24) is 0 Å². The molecule has 152 valence electrons. The summed E-state index contributed by atoms with van der Waals surface area (Å²) < 4.78 is -1.70. The van der Waals surface area contributed by atoms with E-state index in [9.17, 15) is 0 Å². The Labute approximate surface area is 199 Å². The molecule has 0 aromatic heterocycles. The molecule has 0 N–H and O–H groups in total. The highest BCUT2D eigenvalue weighted by molar-refractivity contribution is 9.00. The predicted octanol–water partition coefficient (Wildman–Crippen LogP) is 8.03. The largest absolute Gasteiger partial charge is 0.179 e. The molecule has 0 amide bonds. The molecule has 0 saturated heterocycles. The van der Waals surface area contributed by atoms with Gasteiger partial charge in [-0.2, -0.15) is 12.6 Å². The van der Waals surface area contributed by atoms with Gasteiger partial charge in [-0.15, -0.1) is 24.0 Å². The lowest BCUT2D eigenvalue weighted by Crippen LogP contribution is -1.92. The SMILES string of the molecule is S=P(Cc1ccccc1)(SCCc1ccc(CCS)cc1)Sc1ccc(S)cc1. The van der Waals surface area contributed by atoms with Crippen LogP contribution in [0, 0.1) is 0 Å². The highest BCUT2D eigenvalue weighted by Crippen LogP contribution is 2.73. The highest BCUT2D eigenvalue weighted by Gasteiger charge is 2.20. The number of hydrogen-bond acceptors (Lipinski definition) is 5. The van der Waals surface area contributed by atoms with Crippen LogP contribution in [0.2, 0.25) is 0 Å². The quantitative estimate of drug-likeness (QED) is 0.217. The van der Waals surface area contributed by atoms with Gasteiger partial charge in [0.25, 0.3) is 0 Å². The molecule has 6 heteroatoms. The Bertz CT molecular complexity index is 924. The summed E-state index contributed by atoms with van der Waals surface area (Å²) in [5.74, 6) is 1.94. The molecule has 0 nitrogen and oxygen atoms in total. The molecule has 3 aromatic carbocycles. The molecule has 1 atom stereocenters. The minimum atomic E-state index is -1.70. The molecule has 0 radical (unpaired) electrons. The number of thiol groups is 2. The average molecular weight is 493 g/mol. The number of aryl methyl sites for hydroxylation is 2. The van der Waals surface area contributed by atoms with Gasteiger partial charge in [-0.1, -0.05) is 77.8 Å². The van der Waals surface area contributed by atoms with Gasteiger partial charge in [0.05, 0.1) is 4.44 Å². The van der Waals surface area contributed by atoms with Gasteiger partial charge in [-0.05, 0) is 59.6 Å². The second-order valence-corrected chi connectivity index (χ2v) is 19.5. The minimum Gasteiger partial charge on any atom is -0.179 e. The van der Waals surface area contributed by atoms with Crippen molar-refractivity contribution < 1.29 is 0 Å². The first-order chi connectivity index (χ1) is 14.1. The van der Waals surface area contributed by atoms with Crippen LogP contribution >= 0.6 is 52.5 Å². The summed E-state index contributed by atoms with van der Waals surface area (Å²) in [6, 6.07) is 28.0. The lowest BCUT2D eigenvalue weighted by atomic mass is 10.1. The van der Waals surface area contributed by atoms with Gasteiger partial charge < -0.3 is 0 Å². The zero-order chi connectivity index (χ0) is 20.5. The molecule has 0 saturated carbocycles. The Morgan fingerprint density at radius 1 is 0.759 bits per heavy atom. The van der Waals surface area contributed by atoms with Crippen molar-refractivity contribution in [1.29, 1.82) is 0 Å². The van der Waals surface area contributed by atoms with Gasteiger partial charge in [-0.3, -0.25) is 0 Å². The summed E-state index contributed by atoms with van der Waals surface area (Å²) in [6.07, 6.45) is 3.04. The van der Waals surface area contributed by atoms with Gasteiger partial charge in [0.15, 0.2) is 0 Å². The van der Waals surface area contributed by atoms with Crippen LogP contribution in [-0.4, -0.2) is 11.5 Å². The van der Waals surface area contributed by atoms with E-state index < -0.39 is 4.44 Å². The molecule has 0 bridgehead atoms. The van der Waals surface area contributed by atoms with Gasteiger partial charge in [0.2, 0.25) is 0 Å². The normalized spacial score (nSPS) is 13.2. The van der Waals surface area contributed by atoms with Crippen LogP contribution in [0.3, 0.4) is 0 Å². The average Bonchev–Trinajstić information content (AvgIpc) is 2.72. The summed E-state index contributed by atoms with van der Waals surface area (Å²) >= 11 is 18.9. The van der Waals surface area contributed by atoms with E-state index in [1.54, 1.807) is 0 Å². The first-order valence-corrected chi connectivity index (χ1v) is 16.6. The topological polar surface area (TPSA) is 0 Å². The van der Waals surface area contributed by atoms with E-state index in [1.165, 1.54) is 21.6 Å². The second kappa shape index (κ2) is 11.9. The second-order valence-electron chi connectivity index (χ2n) is 6.71. The lowest BCUT2D eigenvalue weighted by Gasteiger charge is -2.21. The van der Waals surface area contributed by atoms with E-state index in [4.69, 9.17) is 11.8 Å². The van der Waals surface area contributed by atoms with E-state index >= 15 is 0 Å². The molecule has 3 rings (SSSR count). The summed E-state index contributed by atoms with van der Waals surface area (Å²) in [5.41, 5.74) is 4.07. The summed E-state index contributed by atoms with van der Waals surface area (Å²) in [4.78, 5) is 2.23. The maximum absolute atomic E-state index is 6.28. The molecule has 3 aromatic rings. The Hall–Kier alpha value is -0.290. The summed E-state index contributed by atoms with van der Waals surface area (Å²) in [7, 11) is 0. The van der Waals surface area contributed by atoms with Crippen LogP contribution in [0.1, 0.15) is 16.7 Å². The number of rotatable bonds is 10. The lowest BCUT2D eigenvalue weighted by molar-refractivity contribution is 1.12. The van der Waals surface area contributed by atoms with Crippen LogP contribution in [0.4, 0.5) is 0 Å². The Balaban J connectivity index is 1.67. The molecular weight excluding hydrogens is 468 g/mol. The van der Waals surface area contributed by atoms with Gasteiger partial charge in [0.1, 0.15) is 0 Å². The standard InChI is InChI=1S/C23H25PS5/c25-16-14-19-6-8-20(9-7-19)15-17-28-24(27,18-21-4-2-1-3-5-21)29-23-12-10-22(26)11-13-23/h1-13,25-26H,14-18H2. The first-order valence-electron chi connectivity index (χ1n) is 9.51. The van der Waals surface area contributed by atoms with E-state index in [2.05, 4.69) is 92.0 Å². The third-order valence-corrected chi connectivity index (χ3v) is 14.8.